The topological polar surface area (TPSA) is 128 Å². The van der Waals surface area contributed by atoms with Crippen molar-refractivity contribution in [3.05, 3.63) is 18.2 Å². The molecule has 10 heteroatoms. The van der Waals surface area contributed by atoms with Gasteiger partial charge in [-0.2, -0.15) is 4.31 Å². The normalized spacial score (nSPS) is 16.3. The minimum Gasteiger partial charge on any atom is -0.462 e. The Labute approximate surface area is 180 Å². The lowest BCUT2D eigenvalue weighted by Gasteiger charge is -2.38. The second-order valence-electron chi connectivity index (χ2n) is 9.71. The largest absolute Gasteiger partial charge is 0.462 e. The van der Waals surface area contributed by atoms with Crippen LogP contribution in [0.5, 0.6) is 0 Å². The van der Waals surface area contributed by atoms with E-state index in [0.717, 1.165) is 6.26 Å². The van der Waals surface area contributed by atoms with Crippen LogP contribution in [0.1, 0.15) is 54.3 Å². The van der Waals surface area contributed by atoms with Crippen molar-refractivity contribution in [2.75, 3.05) is 19.4 Å². The molecule has 0 aromatic carbocycles. The Hall–Kier alpha value is -1.49. The zero-order chi connectivity index (χ0) is 23.3. The Bertz CT molecular complexity index is 766. The number of rotatable bonds is 10. The molecule has 0 amide bonds. The van der Waals surface area contributed by atoms with Crippen LogP contribution in [0.25, 0.3) is 0 Å². The van der Waals surface area contributed by atoms with Crippen LogP contribution in [-0.4, -0.2) is 71.9 Å². The van der Waals surface area contributed by atoms with E-state index in [1.165, 1.54) is 4.31 Å². The molecule has 174 valence electrons. The fraction of sp³-hybridized carbons (Fsp3) is 0.800. The Morgan fingerprint density at radius 2 is 1.87 bits per heavy atom. The maximum Gasteiger partial charge on any atom is 0.323 e. The molecule has 0 saturated carbocycles. The number of hydrogen-bond acceptors (Lipinski definition) is 7. The molecule has 0 fully saturated rings. The molecule has 30 heavy (non-hydrogen) atoms. The van der Waals surface area contributed by atoms with Crippen LogP contribution in [-0.2, 0) is 30.7 Å². The van der Waals surface area contributed by atoms with E-state index in [1.807, 2.05) is 48.5 Å². The first kappa shape index (κ1) is 26.5. The molecule has 0 radical (unpaired) electrons. The summed E-state index contributed by atoms with van der Waals surface area (Å²) in [7, 11) is -3.50. The summed E-state index contributed by atoms with van der Waals surface area (Å²) in [6.45, 7) is 13.4. The number of H-pyrrole nitrogens is 1. The summed E-state index contributed by atoms with van der Waals surface area (Å²) < 4.78 is 37.6. The molecule has 1 aromatic rings. The number of nitrogens with one attached hydrogen (secondary N) is 1. The summed E-state index contributed by atoms with van der Waals surface area (Å²) >= 11 is 0. The molecule has 0 aliphatic carbocycles. The average Bonchev–Trinajstić information content (AvgIpc) is 3.06. The number of nitrogens with two attached hydrogens (primary N) is 1. The molecular weight excluding hydrogens is 408 g/mol. The van der Waals surface area contributed by atoms with Crippen molar-refractivity contribution in [1.82, 2.24) is 14.3 Å². The van der Waals surface area contributed by atoms with Crippen molar-refractivity contribution in [3.8, 4) is 0 Å². The predicted octanol–water partition coefficient (Wildman–Crippen LogP) is 1.70. The summed E-state index contributed by atoms with van der Waals surface area (Å²) in [5.74, 6) is -0.00494. The van der Waals surface area contributed by atoms with E-state index in [9.17, 15) is 13.2 Å². The molecule has 3 N–H and O–H groups in total. The van der Waals surface area contributed by atoms with E-state index in [1.54, 1.807) is 12.4 Å². The van der Waals surface area contributed by atoms with Crippen molar-refractivity contribution in [1.29, 1.82) is 0 Å². The van der Waals surface area contributed by atoms with Crippen LogP contribution in [0.2, 0.25) is 0 Å². The third-order valence-electron chi connectivity index (χ3n) is 4.82. The number of sulfonamides is 1. The van der Waals surface area contributed by atoms with Crippen LogP contribution in [0, 0.1) is 5.41 Å². The van der Waals surface area contributed by atoms with Gasteiger partial charge < -0.3 is 20.2 Å². The maximum atomic E-state index is 12.4. The van der Waals surface area contributed by atoms with Gasteiger partial charge in [0.2, 0.25) is 10.0 Å². The molecule has 0 aliphatic heterocycles. The number of ether oxygens (including phenoxy) is 2. The molecule has 3 atom stereocenters. The average molecular weight is 447 g/mol. The number of hydrogen-bond donors (Lipinski definition) is 2. The van der Waals surface area contributed by atoms with E-state index in [4.69, 9.17) is 15.2 Å². The molecule has 0 bridgehead atoms. The number of nitrogens with zero attached hydrogens (tertiary/aromatic N) is 2. The van der Waals surface area contributed by atoms with E-state index in [2.05, 4.69) is 9.97 Å². The summed E-state index contributed by atoms with van der Waals surface area (Å²) in [6, 6.07) is -0.884. The minimum absolute atomic E-state index is 0.0590. The van der Waals surface area contributed by atoms with Gasteiger partial charge in [0.1, 0.15) is 24.6 Å². The van der Waals surface area contributed by atoms with E-state index < -0.39 is 33.7 Å². The van der Waals surface area contributed by atoms with Crippen LogP contribution < -0.4 is 5.73 Å². The van der Waals surface area contributed by atoms with Gasteiger partial charge in [-0.3, -0.25) is 4.79 Å². The van der Waals surface area contributed by atoms with Crippen molar-refractivity contribution in [2.24, 2.45) is 11.1 Å². The molecule has 1 aromatic heterocycles. The lowest BCUT2D eigenvalue weighted by Crippen LogP contribution is -2.51. The van der Waals surface area contributed by atoms with Crippen LogP contribution in [0.4, 0.5) is 0 Å². The monoisotopic (exact) mass is 446 g/mol. The van der Waals surface area contributed by atoms with Gasteiger partial charge in [0.25, 0.3) is 0 Å². The van der Waals surface area contributed by atoms with Gasteiger partial charge in [0, 0.05) is 30.9 Å². The highest BCUT2D eigenvalue weighted by Crippen LogP contribution is 2.25. The first-order chi connectivity index (χ1) is 13.5. The fourth-order valence-corrected chi connectivity index (χ4v) is 4.13. The van der Waals surface area contributed by atoms with Gasteiger partial charge in [-0.05, 0) is 33.1 Å². The van der Waals surface area contributed by atoms with E-state index in [-0.39, 0.29) is 31.1 Å². The van der Waals surface area contributed by atoms with Crippen molar-refractivity contribution >= 4 is 16.0 Å². The predicted molar refractivity (Wildman–Crippen MR) is 116 cm³/mol. The number of carbonyl (C=O) groups is 1. The van der Waals surface area contributed by atoms with Crippen LogP contribution in [0.3, 0.4) is 0 Å². The zero-order valence-corrected chi connectivity index (χ0v) is 20.2. The maximum absolute atomic E-state index is 12.4. The number of esters is 1. The SMILES string of the molecule is C[C@H](O[C@H](COC(=O)[C@@H](N)Cc1ncc[nH]1)CN(C(C)(C)C)S(C)(=O)=O)C(C)(C)C. The molecule has 0 saturated heterocycles. The summed E-state index contributed by atoms with van der Waals surface area (Å²) in [4.78, 5) is 19.3. The third-order valence-corrected chi connectivity index (χ3v) is 6.31. The highest BCUT2D eigenvalue weighted by Gasteiger charge is 2.34. The number of aromatic nitrogens is 2. The van der Waals surface area contributed by atoms with Crippen molar-refractivity contribution in [3.63, 3.8) is 0 Å². The first-order valence-electron chi connectivity index (χ1n) is 10.1. The Morgan fingerprint density at radius 1 is 1.27 bits per heavy atom. The number of imidazole rings is 1. The summed E-state index contributed by atoms with van der Waals surface area (Å²) in [5.41, 5.74) is 5.10. The Kier molecular flexibility index (Phi) is 9.04. The van der Waals surface area contributed by atoms with Crippen LogP contribution in [0.15, 0.2) is 12.4 Å². The van der Waals surface area contributed by atoms with Gasteiger partial charge >= 0.3 is 5.97 Å². The molecule has 1 heterocycles. The Balaban J connectivity index is 2.90. The van der Waals surface area contributed by atoms with Gasteiger partial charge in [0.05, 0.1) is 12.4 Å². The third kappa shape index (κ3) is 8.71. The van der Waals surface area contributed by atoms with Gasteiger partial charge in [-0.25, -0.2) is 13.4 Å². The highest BCUT2D eigenvalue weighted by molar-refractivity contribution is 7.88. The summed E-state index contributed by atoms with van der Waals surface area (Å²) in [5, 5.41) is 0. The quantitative estimate of drug-likeness (QED) is 0.524. The van der Waals surface area contributed by atoms with Gasteiger partial charge in [0.15, 0.2) is 0 Å². The smallest absolute Gasteiger partial charge is 0.323 e. The minimum atomic E-state index is -3.50. The van der Waals surface area contributed by atoms with Crippen LogP contribution >= 0.6 is 0 Å². The second-order valence-corrected chi connectivity index (χ2v) is 11.6. The standard InChI is InChI=1S/C20H38N4O5S/c1-14(19(2,3)4)29-15(12-24(20(5,6)7)30(8,26)27)13-28-18(25)16(21)11-17-22-9-10-23-17/h9-10,14-16H,11-13,21H2,1-8H3,(H,22,23)/t14-,15-,16-/m0/s1. The lowest BCUT2D eigenvalue weighted by molar-refractivity contribution is -0.153. The lowest BCUT2D eigenvalue weighted by atomic mass is 9.90. The molecule has 0 aliphatic rings. The van der Waals surface area contributed by atoms with Crippen molar-refractivity contribution < 1.29 is 22.7 Å². The van der Waals surface area contributed by atoms with E-state index >= 15 is 0 Å². The number of aromatic amines is 1. The fourth-order valence-electron chi connectivity index (χ4n) is 2.70. The number of carbonyl (C=O) groups excluding carboxylic acids is 1. The van der Waals surface area contributed by atoms with Gasteiger partial charge in [-0.1, -0.05) is 20.8 Å². The summed E-state index contributed by atoms with van der Waals surface area (Å²) in [6.07, 6.45) is 3.77. The highest BCUT2D eigenvalue weighted by atomic mass is 32.2. The van der Waals surface area contributed by atoms with Gasteiger partial charge in [-0.15, -0.1) is 0 Å². The molecule has 0 unspecified atom stereocenters. The molecule has 9 nitrogen and oxygen atoms in total. The second kappa shape index (κ2) is 10.2. The molecule has 0 spiro atoms. The van der Waals surface area contributed by atoms with Crippen molar-refractivity contribution in [2.45, 2.75) is 78.7 Å². The molecule has 1 rings (SSSR count). The molecular formula is C20H38N4O5S. The Morgan fingerprint density at radius 3 is 2.30 bits per heavy atom. The zero-order valence-electron chi connectivity index (χ0n) is 19.4. The van der Waals surface area contributed by atoms with E-state index in [0.29, 0.717) is 5.82 Å². The first-order valence-corrected chi connectivity index (χ1v) is 11.9.